The third kappa shape index (κ3) is 6.59. The molecule has 40 heavy (non-hydrogen) atoms. The molecule has 1 heterocycles. The van der Waals surface area contributed by atoms with Gasteiger partial charge >= 0.3 is 11.9 Å². The zero-order valence-electron chi connectivity index (χ0n) is 22.9. The van der Waals surface area contributed by atoms with Crippen molar-refractivity contribution in [3.05, 3.63) is 100 Å². The Labute approximate surface area is 234 Å². The van der Waals surface area contributed by atoms with Crippen molar-refractivity contribution >= 4 is 22.1 Å². The van der Waals surface area contributed by atoms with E-state index in [1.54, 1.807) is 56.3 Å². The number of hydrogen-bond acceptors (Lipinski definition) is 9. The maximum absolute atomic E-state index is 13.4. The van der Waals surface area contributed by atoms with E-state index >= 15 is 0 Å². The van der Waals surface area contributed by atoms with Gasteiger partial charge in [0.25, 0.3) is 10.1 Å². The van der Waals surface area contributed by atoms with Gasteiger partial charge in [0.1, 0.15) is 0 Å². The molecule has 0 aliphatic carbocycles. The van der Waals surface area contributed by atoms with Crippen molar-refractivity contribution in [1.29, 1.82) is 0 Å². The summed E-state index contributed by atoms with van der Waals surface area (Å²) in [5, 5.41) is 0. The molecule has 0 bridgehead atoms. The Hall–Kier alpha value is -3.57. The van der Waals surface area contributed by atoms with Crippen molar-refractivity contribution in [1.82, 2.24) is 0 Å². The first kappa shape index (κ1) is 29.4. The summed E-state index contributed by atoms with van der Waals surface area (Å²) >= 11 is 0. The Kier molecular flexibility index (Phi) is 9.05. The van der Waals surface area contributed by atoms with Gasteiger partial charge in [-0.2, -0.15) is 8.42 Å². The number of esters is 2. The standard InChI is InChI=1S/C30H32O9S/c1-18-11-13-23(14-12-18)40(33,34)39-26-24(37-29(32)25-20(3)15-19(2)16-21(25)4)17-36-30(35-5)27(26)38-28(31)22-9-7-6-8-10-22/h6-16,24,26-27,30H,17H2,1-5H3/t24-,26-,27+,30-/m0/s1. The van der Waals surface area contributed by atoms with Crippen LogP contribution in [0.4, 0.5) is 0 Å². The Bertz CT molecular complexity index is 1440. The third-order valence-corrected chi connectivity index (χ3v) is 7.88. The Morgan fingerprint density at radius 2 is 1.43 bits per heavy atom. The molecule has 0 radical (unpaired) electrons. The molecule has 4 rings (SSSR count). The first-order chi connectivity index (χ1) is 19.0. The highest BCUT2D eigenvalue weighted by Gasteiger charge is 2.49. The minimum absolute atomic E-state index is 0.109. The van der Waals surface area contributed by atoms with Gasteiger partial charge in [0.2, 0.25) is 0 Å². The second-order valence-corrected chi connectivity index (χ2v) is 11.3. The summed E-state index contributed by atoms with van der Waals surface area (Å²) in [6, 6.07) is 17.9. The van der Waals surface area contributed by atoms with Crippen LogP contribution < -0.4 is 0 Å². The monoisotopic (exact) mass is 568 g/mol. The van der Waals surface area contributed by atoms with Crippen LogP contribution in [0.25, 0.3) is 0 Å². The lowest BCUT2D eigenvalue weighted by Crippen LogP contribution is -2.58. The van der Waals surface area contributed by atoms with Crippen molar-refractivity contribution in [2.45, 2.75) is 57.2 Å². The fourth-order valence-electron chi connectivity index (χ4n) is 4.66. The van der Waals surface area contributed by atoms with E-state index in [1.807, 2.05) is 26.0 Å². The number of rotatable bonds is 8. The molecule has 212 valence electrons. The van der Waals surface area contributed by atoms with Crippen LogP contribution in [-0.2, 0) is 33.2 Å². The Morgan fingerprint density at radius 3 is 2.02 bits per heavy atom. The van der Waals surface area contributed by atoms with Crippen molar-refractivity contribution in [2.24, 2.45) is 0 Å². The lowest BCUT2D eigenvalue weighted by atomic mass is 9.99. The van der Waals surface area contributed by atoms with Crippen molar-refractivity contribution in [3.63, 3.8) is 0 Å². The average Bonchev–Trinajstić information content (AvgIpc) is 2.90. The summed E-state index contributed by atoms with van der Waals surface area (Å²) in [6.07, 6.45) is -5.33. The topological polar surface area (TPSA) is 114 Å². The zero-order valence-corrected chi connectivity index (χ0v) is 23.8. The number of hydrogen-bond donors (Lipinski definition) is 0. The summed E-state index contributed by atoms with van der Waals surface area (Å²) in [5.41, 5.74) is 3.81. The van der Waals surface area contributed by atoms with Gasteiger partial charge in [-0.3, -0.25) is 4.18 Å². The molecular weight excluding hydrogens is 536 g/mol. The van der Waals surface area contributed by atoms with E-state index < -0.39 is 46.7 Å². The van der Waals surface area contributed by atoms with Crippen LogP contribution in [0.2, 0.25) is 0 Å². The van der Waals surface area contributed by atoms with Gasteiger partial charge in [-0.25, -0.2) is 9.59 Å². The van der Waals surface area contributed by atoms with E-state index in [2.05, 4.69) is 0 Å². The molecule has 3 aromatic rings. The quantitative estimate of drug-likeness (QED) is 0.287. The molecular formula is C30H32O9S. The molecule has 0 saturated carbocycles. The van der Waals surface area contributed by atoms with Crippen molar-refractivity contribution in [3.8, 4) is 0 Å². The summed E-state index contributed by atoms with van der Waals surface area (Å²) in [4.78, 5) is 26.3. The second-order valence-electron chi connectivity index (χ2n) is 9.72. The molecule has 1 saturated heterocycles. The van der Waals surface area contributed by atoms with Crippen molar-refractivity contribution in [2.75, 3.05) is 13.7 Å². The van der Waals surface area contributed by atoms with E-state index in [-0.39, 0.29) is 17.1 Å². The highest BCUT2D eigenvalue weighted by Crippen LogP contribution is 2.30. The number of carbonyl (C=O) groups is 2. The highest BCUT2D eigenvalue weighted by atomic mass is 32.2. The van der Waals surface area contributed by atoms with Crippen LogP contribution in [0.5, 0.6) is 0 Å². The van der Waals surface area contributed by atoms with E-state index in [9.17, 15) is 18.0 Å². The number of methoxy groups -OCH3 is 1. The summed E-state index contributed by atoms with van der Waals surface area (Å²) in [5.74, 6) is -1.44. The van der Waals surface area contributed by atoms with Gasteiger partial charge in [-0.05, 0) is 63.1 Å². The number of ether oxygens (including phenoxy) is 4. The minimum Gasteiger partial charge on any atom is -0.453 e. The van der Waals surface area contributed by atoms with Gasteiger partial charge in [-0.15, -0.1) is 0 Å². The fraction of sp³-hybridized carbons (Fsp3) is 0.333. The summed E-state index contributed by atoms with van der Waals surface area (Å²) < 4.78 is 55.0. The smallest absolute Gasteiger partial charge is 0.339 e. The SMILES string of the molecule is CO[C@H]1OC[C@H](OC(=O)c2c(C)cc(C)cc2C)[C@H](OS(=O)(=O)c2ccc(C)cc2)[C@H]1OC(=O)c1ccccc1. The Balaban J connectivity index is 1.70. The third-order valence-electron chi connectivity index (χ3n) is 6.56. The molecule has 4 atom stereocenters. The first-order valence-electron chi connectivity index (χ1n) is 12.7. The predicted molar refractivity (Wildman–Crippen MR) is 145 cm³/mol. The predicted octanol–water partition coefficient (Wildman–Crippen LogP) is 4.45. The zero-order chi connectivity index (χ0) is 29.0. The largest absolute Gasteiger partial charge is 0.453 e. The number of aryl methyl sites for hydroxylation is 4. The van der Waals surface area contributed by atoms with Gasteiger partial charge < -0.3 is 18.9 Å². The van der Waals surface area contributed by atoms with E-state index in [0.29, 0.717) is 16.7 Å². The molecule has 0 N–H and O–H groups in total. The first-order valence-corrected chi connectivity index (χ1v) is 14.1. The maximum Gasteiger partial charge on any atom is 0.339 e. The van der Waals surface area contributed by atoms with Crippen LogP contribution in [0, 0.1) is 27.7 Å². The van der Waals surface area contributed by atoms with Gasteiger partial charge in [-0.1, -0.05) is 53.6 Å². The molecule has 10 heteroatoms. The Morgan fingerprint density at radius 1 is 0.800 bits per heavy atom. The van der Waals surface area contributed by atoms with E-state index in [0.717, 1.165) is 11.1 Å². The molecule has 1 aliphatic rings. The van der Waals surface area contributed by atoms with Crippen LogP contribution in [0.3, 0.4) is 0 Å². The summed E-state index contributed by atoms with van der Waals surface area (Å²) in [7, 11) is -3.07. The average molecular weight is 569 g/mol. The van der Waals surface area contributed by atoms with Crippen LogP contribution in [-0.4, -0.2) is 58.7 Å². The van der Waals surface area contributed by atoms with Crippen LogP contribution in [0.1, 0.15) is 43.0 Å². The number of benzene rings is 3. The molecule has 1 aliphatic heterocycles. The summed E-state index contributed by atoms with van der Waals surface area (Å²) in [6.45, 7) is 7.05. The minimum atomic E-state index is -4.39. The van der Waals surface area contributed by atoms with E-state index in [1.165, 1.54) is 19.2 Å². The lowest BCUT2D eigenvalue weighted by Gasteiger charge is -2.40. The number of carbonyl (C=O) groups excluding carboxylic acids is 2. The van der Waals surface area contributed by atoms with Gasteiger partial charge in [0.15, 0.2) is 24.6 Å². The van der Waals surface area contributed by atoms with Gasteiger partial charge in [0, 0.05) is 7.11 Å². The fourth-order valence-corrected chi connectivity index (χ4v) is 5.77. The molecule has 0 unspecified atom stereocenters. The molecule has 0 amide bonds. The normalized spacial score (nSPS) is 21.0. The van der Waals surface area contributed by atoms with Crippen LogP contribution in [0.15, 0.2) is 71.6 Å². The van der Waals surface area contributed by atoms with Crippen molar-refractivity contribution < 1.29 is 41.1 Å². The van der Waals surface area contributed by atoms with Crippen LogP contribution >= 0.6 is 0 Å². The molecule has 0 spiro atoms. The highest BCUT2D eigenvalue weighted by molar-refractivity contribution is 7.86. The second kappa shape index (κ2) is 12.3. The lowest BCUT2D eigenvalue weighted by molar-refractivity contribution is -0.255. The molecule has 3 aromatic carbocycles. The molecule has 1 fully saturated rings. The van der Waals surface area contributed by atoms with E-state index in [4.69, 9.17) is 23.1 Å². The molecule has 9 nitrogen and oxygen atoms in total. The maximum atomic E-state index is 13.4. The molecule has 0 aromatic heterocycles. The van der Waals surface area contributed by atoms with Gasteiger partial charge in [0.05, 0.1) is 22.6 Å².